The third kappa shape index (κ3) is 6.71. The van der Waals surface area contributed by atoms with E-state index in [-0.39, 0.29) is 18.9 Å². The molecule has 0 saturated heterocycles. The van der Waals surface area contributed by atoms with Gasteiger partial charge in [-0.15, -0.1) is 0 Å². The highest BCUT2D eigenvalue weighted by atomic mass is 32.5. The van der Waals surface area contributed by atoms with Crippen molar-refractivity contribution in [2.75, 3.05) is 13.7 Å². The van der Waals surface area contributed by atoms with Gasteiger partial charge >= 0.3 is 5.97 Å². The Morgan fingerprint density at radius 1 is 1.65 bits per heavy atom. The maximum Gasteiger partial charge on any atom is 0.323 e. The summed E-state index contributed by atoms with van der Waals surface area (Å²) in [6.07, 6.45) is 0.130. The molecular formula is C9H17N2O4PS. The number of carbonyl (C=O) groups excluding carboxylic acids is 1. The summed E-state index contributed by atoms with van der Waals surface area (Å²) in [7, 11) is 1.26. The number of methoxy groups -OCH3 is 1. The van der Waals surface area contributed by atoms with E-state index in [1.165, 1.54) is 7.11 Å². The van der Waals surface area contributed by atoms with Crippen LogP contribution in [0.15, 0.2) is 0 Å². The monoisotopic (exact) mass is 280 g/mol. The lowest BCUT2D eigenvalue weighted by molar-refractivity contribution is -0.143. The molecule has 0 rings (SSSR count). The Labute approximate surface area is 106 Å². The number of hydrogen-bond acceptors (Lipinski definition) is 5. The molecule has 2 N–H and O–H groups in total. The fraction of sp³-hybridized carbons (Fsp3) is 0.778. The summed E-state index contributed by atoms with van der Waals surface area (Å²) in [6, 6.07) is 1.14. The molecule has 0 fully saturated rings. The fourth-order valence-corrected chi connectivity index (χ4v) is 2.76. The molecule has 0 spiro atoms. The van der Waals surface area contributed by atoms with Crippen molar-refractivity contribution in [3.63, 3.8) is 0 Å². The molecule has 0 heterocycles. The predicted molar refractivity (Wildman–Crippen MR) is 66.5 cm³/mol. The number of esters is 1. The van der Waals surface area contributed by atoms with E-state index in [0.717, 1.165) is 0 Å². The highest BCUT2D eigenvalue weighted by Gasteiger charge is 2.28. The molecule has 0 aliphatic heterocycles. The van der Waals surface area contributed by atoms with Crippen molar-refractivity contribution in [1.29, 1.82) is 5.26 Å². The van der Waals surface area contributed by atoms with Gasteiger partial charge in [0.25, 0.3) is 6.64 Å². The lowest BCUT2D eigenvalue weighted by atomic mass is 10.1. The fourth-order valence-electron chi connectivity index (χ4n) is 1.03. The van der Waals surface area contributed by atoms with E-state index in [1.807, 2.05) is 6.07 Å². The van der Waals surface area contributed by atoms with Gasteiger partial charge in [-0.05, 0) is 17.7 Å². The second kappa shape index (κ2) is 7.75. The first-order valence-corrected chi connectivity index (χ1v) is 7.71. The number of ether oxygens (including phenoxy) is 1. The van der Waals surface area contributed by atoms with Gasteiger partial charge in [-0.3, -0.25) is 4.79 Å². The first kappa shape index (κ1) is 16.5. The van der Waals surface area contributed by atoms with Gasteiger partial charge in [-0.2, -0.15) is 5.26 Å². The molecule has 0 bridgehead atoms. The van der Waals surface area contributed by atoms with Crippen molar-refractivity contribution in [1.82, 2.24) is 5.09 Å². The molecular weight excluding hydrogens is 263 g/mol. The highest BCUT2D eigenvalue weighted by molar-refractivity contribution is 8.08. The average molecular weight is 280 g/mol. The molecule has 0 aromatic carbocycles. The molecule has 2 atom stereocenters. The van der Waals surface area contributed by atoms with Crippen LogP contribution in [0.4, 0.5) is 0 Å². The summed E-state index contributed by atoms with van der Waals surface area (Å²) in [5, 5.41) is 10.9. The molecule has 98 valence electrons. The third-order valence-corrected chi connectivity index (χ3v) is 3.67. The Balaban J connectivity index is 4.48. The van der Waals surface area contributed by atoms with Gasteiger partial charge in [0.2, 0.25) is 0 Å². The Morgan fingerprint density at radius 3 is 2.65 bits per heavy atom. The second-order valence-corrected chi connectivity index (χ2v) is 6.68. The van der Waals surface area contributed by atoms with E-state index in [9.17, 15) is 9.69 Å². The van der Waals surface area contributed by atoms with Gasteiger partial charge in [0, 0.05) is 0 Å². The van der Waals surface area contributed by atoms with Gasteiger partial charge in [0.05, 0.1) is 26.2 Å². The first-order valence-electron chi connectivity index (χ1n) is 5.04. The topological polar surface area (TPSA) is 91.6 Å². The van der Waals surface area contributed by atoms with E-state index in [0.29, 0.717) is 0 Å². The molecule has 0 amide bonds. The molecule has 0 saturated carbocycles. The summed E-state index contributed by atoms with van der Waals surface area (Å²) < 4.78 is 9.58. The van der Waals surface area contributed by atoms with Crippen LogP contribution in [0.5, 0.6) is 0 Å². The Hall–Kier alpha value is -0.510. The summed E-state index contributed by atoms with van der Waals surface area (Å²) in [5.41, 5.74) is 0. The standard InChI is InChI=1S/C9H17N2O4PS/c1-7(2)8(9(12)14-3)11-16(13,17)15-6-4-5-10/h7-8H,4,6H2,1-3H3,(H2,11,13,17). The summed E-state index contributed by atoms with van der Waals surface area (Å²) in [5.74, 6) is -0.608. The van der Waals surface area contributed by atoms with Crippen molar-refractivity contribution in [2.24, 2.45) is 5.92 Å². The maximum absolute atomic E-state index is 11.4. The van der Waals surface area contributed by atoms with E-state index >= 15 is 0 Å². The van der Waals surface area contributed by atoms with Crippen LogP contribution < -0.4 is 5.09 Å². The van der Waals surface area contributed by atoms with E-state index in [4.69, 9.17) is 21.6 Å². The van der Waals surface area contributed by atoms with E-state index < -0.39 is 18.7 Å². The van der Waals surface area contributed by atoms with Crippen molar-refractivity contribution in [3.05, 3.63) is 0 Å². The normalized spacial score (nSPS) is 16.0. The zero-order chi connectivity index (χ0) is 13.5. The Kier molecular flexibility index (Phi) is 7.51. The van der Waals surface area contributed by atoms with E-state index in [1.54, 1.807) is 13.8 Å². The zero-order valence-electron chi connectivity index (χ0n) is 10.0. The average Bonchev–Trinajstić information content (AvgIpc) is 2.25. The Morgan fingerprint density at radius 2 is 2.24 bits per heavy atom. The molecule has 0 aromatic heterocycles. The third-order valence-electron chi connectivity index (χ3n) is 1.90. The SMILES string of the molecule is COC(=O)C(NP(O)(=S)OCCC#N)C(C)C. The van der Waals surface area contributed by atoms with Crippen LogP contribution in [-0.4, -0.2) is 30.6 Å². The van der Waals surface area contributed by atoms with Crippen LogP contribution >= 0.6 is 6.64 Å². The van der Waals surface area contributed by atoms with Gasteiger partial charge in [-0.1, -0.05) is 13.8 Å². The molecule has 2 unspecified atom stereocenters. The van der Waals surface area contributed by atoms with Crippen molar-refractivity contribution < 1.29 is 18.9 Å². The molecule has 0 radical (unpaired) electrons. The molecule has 17 heavy (non-hydrogen) atoms. The quantitative estimate of drug-likeness (QED) is 0.407. The minimum absolute atomic E-state index is 0.0310. The van der Waals surface area contributed by atoms with Crippen LogP contribution in [0, 0.1) is 17.2 Å². The lowest BCUT2D eigenvalue weighted by Gasteiger charge is -2.24. The number of carbonyl (C=O) groups is 1. The zero-order valence-corrected chi connectivity index (χ0v) is 11.8. The number of rotatable bonds is 7. The van der Waals surface area contributed by atoms with Crippen LogP contribution in [0.2, 0.25) is 0 Å². The minimum atomic E-state index is -3.27. The van der Waals surface area contributed by atoms with Gasteiger partial charge in [0.15, 0.2) is 0 Å². The molecule has 6 nitrogen and oxygen atoms in total. The molecule has 0 aliphatic rings. The van der Waals surface area contributed by atoms with Crippen LogP contribution in [0.1, 0.15) is 20.3 Å². The van der Waals surface area contributed by atoms with Crippen molar-refractivity contribution >= 4 is 24.4 Å². The Bertz CT molecular complexity index is 342. The number of nitrogens with zero attached hydrogens (tertiary/aromatic N) is 1. The van der Waals surface area contributed by atoms with E-state index in [2.05, 4.69) is 9.82 Å². The smallest absolute Gasteiger partial charge is 0.323 e. The number of hydrogen-bond donors (Lipinski definition) is 2. The predicted octanol–water partition coefficient (Wildman–Crippen LogP) is 0.921. The van der Waals surface area contributed by atoms with Gasteiger partial charge < -0.3 is 14.2 Å². The molecule has 0 aromatic rings. The van der Waals surface area contributed by atoms with Gasteiger partial charge in [0.1, 0.15) is 6.04 Å². The van der Waals surface area contributed by atoms with Crippen LogP contribution in [0.3, 0.4) is 0 Å². The highest BCUT2D eigenvalue weighted by Crippen LogP contribution is 2.38. The maximum atomic E-state index is 11.4. The summed E-state index contributed by atoms with van der Waals surface area (Å²) in [4.78, 5) is 21.2. The lowest BCUT2D eigenvalue weighted by Crippen LogP contribution is -2.40. The minimum Gasteiger partial charge on any atom is -0.468 e. The first-order chi connectivity index (χ1) is 7.84. The van der Waals surface area contributed by atoms with Crippen LogP contribution in [0.25, 0.3) is 0 Å². The molecule has 8 heteroatoms. The molecule has 0 aliphatic carbocycles. The van der Waals surface area contributed by atoms with Crippen molar-refractivity contribution in [3.8, 4) is 6.07 Å². The largest absolute Gasteiger partial charge is 0.468 e. The summed E-state index contributed by atoms with van der Waals surface area (Å²) >= 11 is 4.84. The van der Waals surface area contributed by atoms with Crippen molar-refractivity contribution in [2.45, 2.75) is 26.3 Å². The van der Waals surface area contributed by atoms with Gasteiger partial charge in [-0.25, -0.2) is 5.09 Å². The van der Waals surface area contributed by atoms with Crippen LogP contribution in [-0.2, 0) is 25.9 Å². The summed E-state index contributed by atoms with van der Waals surface area (Å²) in [6.45, 7) is 0.345. The number of nitriles is 1. The number of nitrogens with one attached hydrogen (secondary N) is 1. The second-order valence-electron chi connectivity index (χ2n) is 3.64.